The van der Waals surface area contributed by atoms with Crippen molar-refractivity contribution < 1.29 is 4.39 Å². The van der Waals surface area contributed by atoms with Gasteiger partial charge in [0.15, 0.2) is 0 Å². The Morgan fingerprint density at radius 2 is 2.00 bits per heavy atom. The molecular formula is C12H11Br2FN2S. The van der Waals surface area contributed by atoms with Crippen molar-refractivity contribution in [3.05, 3.63) is 54.3 Å². The third-order valence-electron chi connectivity index (χ3n) is 2.70. The van der Waals surface area contributed by atoms with Gasteiger partial charge >= 0.3 is 0 Å². The Morgan fingerprint density at radius 3 is 2.50 bits per heavy atom. The first-order chi connectivity index (χ1) is 8.52. The van der Waals surface area contributed by atoms with Crippen LogP contribution in [0.15, 0.2) is 31.8 Å². The Kier molecular flexibility index (Phi) is 4.55. The number of benzene rings is 1. The second-order valence-electron chi connectivity index (χ2n) is 3.88. The van der Waals surface area contributed by atoms with Gasteiger partial charge in [-0.15, -0.1) is 11.3 Å². The Balaban J connectivity index is 2.48. The van der Waals surface area contributed by atoms with E-state index in [1.165, 1.54) is 12.1 Å². The molecule has 0 amide bonds. The van der Waals surface area contributed by atoms with Gasteiger partial charge in [0.05, 0.1) is 13.6 Å². The molecule has 2 nitrogen and oxygen atoms in total. The maximum absolute atomic E-state index is 13.1. The molecule has 2 rings (SSSR count). The van der Waals surface area contributed by atoms with Gasteiger partial charge in [-0.3, -0.25) is 5.84 Å². The summed E-state index contributed by atoms with van der Waals surface area (Å²) in [7, 11) is 0. The minimum Gasteiger partial charge on any atom is -0.271 e. The first-order valence-electron chi connectivity index (χ1n) is 5.20. The molecule has 0 bridgehead atoms. The Labute approximate surface area is 126 Å². The van der Waals surface area contributed by atoms with E-state index in [0.29, 0.717) is 0 Å². The standard InChI is InChI=1S/C12H11Br2FN2S/c1-6-4-7(15)2-3-8(6)11(17-16)9-5-10(13)18-12(9)14/h2-5,11,17H,16H2,1H3. The quantitative estimate of drug-likeness (QED) is 0.603. The summed E-state index contributed by atoms with van der Waals surface area (Å²) in [6, 6.07) is 6.55. The summed E-state index contributed by atoms with van der Waals surface area (Å²) in [6.45, 7) is 1.87. The summed E-state index contributed by atoms with van der Waals surface area (Å²) in [4.78, 5) is 0. The molecule has 1 atom stereocenters. The van der Waals surface area contributed by atoms with Crippen LogP contribution in [-0.2, 0) is 0 Å². The summed E-state index contributed by atoms with van der Waals surface area (Å²) in [5.41, 5.74) is 5.64. The van der Waals surface area contributed by atoms with Crippen molar-refractivity contribution >= 4 is 43.2 Å². The number of rotatable bonds is 3. The zero-order valence-corrected chi connectivity index (χ0v) is 13.5. The van der Waals surface area contributed by atoms with Crippen molar-refractivity contribution in [2.24, 2.45) is 5.84 Å². The van der Waals surface area contributed by atoms with Gasteiger partial charge in [-0.25, -0.2) is 9.82 Å². The first-order valence-corrected chi connectivity index (χ1v) is 7.60. The van der Waals surface area contributed by atoms with E-state index in [1.54, 1.807) is 17.4 Å². The average Bonchev–Trinajstić information content (AvgIpc) is 2.62. The third kappa shape index (κ3) is 2.83. The van der Waals surface area contributed by atoms with Crippen LogP contribution < -0.4 is 11.3 Å². The number of hydrazine groups is 1. The zero-order valence-electron chi connectivity index (χ0n) is 9.51. The highest BCUT2D eigenvalue weighted by molar-refractivity contribution is 9.12. The minimum atomic E-state index is -0.238. The molecule has 6 heteroatoms. The molecule has 0 fully saturated rings. The number of hydrogen-bond donors (Lipinski definition) is 2. The molecule has 3 N–H and O–H groups in total. The Morgan fingerprint density at radius 1 is 1.28 bits per heavy atom. The number of halogens is 3. The van der Waals surface area contributed by atoms with Crippen molar-refractivity contribution in [1.82, 2.24) is 5.43 Å². The highest BCUT2D eigenvalue weighted by Crippen LogP contribution is 2.38. The summed E-state index contributed by atoms with van der Waals surface area (Å²) < 4.78 is 15.2. The monoisotopic (exact) mass is 392 g/mol. The molecule has 2 aromatic rings. The third-order valence-corrected chi connectivity index (χ3v) is 5.09. The van der Waals surface area contributed by atoms with Crippen LogP contribution in [0, 0.1) is 12.7 Å². The van der Waals surface area contributed by atoms with Crippen molar-refractivity contribution in [1.29, 1.82) is 0 Å². The number of nitrogens with one attached hydrogen (secondary N) is 1. The topological polar surface area (TPSA) is 38.0 Å². The fraction of sp³-hybridized carbons (Fsp3) is 0.167. The maximum Gasteiger partial charge on any atom is 0.123 e. The van der Waals surface area contributed by atoms with Crippen molar-refractivity contribution in [2.75, 3.05) is 0 Å². The van der Waals surface area contributed by atoms with Crippen LogP contribution in [0.3, 0.4) is 0 Å². The van der Waals surface area contributed by atoms with Crippen molar-refractivity contribution in [3.8, 4) is 0 Å². The van der Waals surface area contributed by atoms with Gasteiger partial charge in [-0.05, 0) is 68.1 Å². The van der Waals surface area contributed by atoms with Gasteiger partial charge in [0.25, 0.3) is 0 Å². The lowest BCUT2D eigenvalue weighted by molar-refractivity contribution is 0.612. The summed E-state index contributed by atoms with van der Waals surface area (Å²) in [5, 5.41) is 0. The van der Waals surface area contributed by atoms with Crippen LogP contribution in [0.4, 0.5) is 4.39 Å². The Bertz CT molecular complexity index is 571. The van der Waals surface area contributed by atoms with E-state index in [2.05, 4.69) is 37.3 Å². The van der Waals surface area contributed by atoms with Gasteiger partial charge in [-0.2, -0.15) is 0 Å². The molecule has 0 radical (unpaired) electrons. The van der Waals surface area contributed by atoms with Crippen LogP contribution in [0.5, 0.6) is 0 Å². The highest BCUT2D eigenvalue weighted by Gasteiger charge is 2.19. The predicted octanol–water partition coefficient (Wildman–Crippen LogP) is 4.27. The molecular weight excluding hydrogens is 383 g/mol. The second kappa shape index (κ2) is 5.79. The summed E-state index contributed by atoms with van der Waals surface area (Å²) in [6.07, 6.45) is 0. The van der Waals surface area contributed by atoms with Crippen molar-refractivity contribution in [2.45, 2.75) is 13.0 Å². The van der Waals surface area contributed by atoms with Crippen molar-refractivity contribution in [3.63, 3.8) is 0 Å². The molecule has 1 aromatic carbocycles. The van der Waals surface area contributed by atoms with Crippen LogP contribution in [0.1, 0.15) is 22.7 Å². The van der Waals surface area contributed by atoms with E-state index in [9.17, 15) is 4.39 Å². The van der Waals surface area contributed by atoms with E-state index in [0.717, 1.165) is 24.3 Å². The van der Waals surface area contributed by atoms with E-state index < -0.39 is 0 Å². The largest absolute Gasteiger partial charge is 0.271 e. The molecule has 18 heavy (non-hydrogen) atoms. The van der Waals surface area contributed by atoms with Gasteiger partial charge in [0, 0.05) is 5.56 Å². The van der Waals surface area contributed by atoms with E-state index in [-0.39, 0.29) is 11.9 Å². The molecule has 0 aliphatic heterocycles. The number of thiophene rings is 1. The minimum absolute atomic E-state index is 0.164. The molecule has 1 unspecified atom stereocenters. The molecule has 0 spiro atoms. The average molecular weight is 394 g/mol. The lowest BCUT2D eigenvalue weighted by Gasteiger charge is -2.18. The molecule has 0 aliphatic carbocycles. The van der Waals surface area contributed by atoms with Crippen LogP contribution in [-0.4, -0.2) is 0 Å². The van der Waals surface area contributed by atoms with E-state index in [4.69, 9.17) is 5.84 Å². The predicted molar refractivity (Wildman–Crippen MR) is 80.0 cm³/mol. The number of nitrogens with two attached hydrogens (primary N) is 1. The van der Waals surface area contributed by atoms with Gasteiger partial charge in [0.1, 0.15) is 5.82 Å². The SMILES string of the molecule is Cc1cc(F)ccc1C(NN)c1cc(Br)sc1Br. The summed E-state index contributed by atoms with van der Waals surface area (Å²) >= 11 is 8.54. The van der Waals surface area contributed by atoms with Gasteiger partial charge in [0.2, 0.25) is 0 Å². The molecule has 1 aromatic heterocycles. The summed E-state index contributed by atoms with van der Waals surface area (Å²) in [5.74, 6) is 5.41. The second-order valence-corrected chi connectivity index (χ2v) is 7.63. The number of aryl methyl sites for hydroxylation is 1. The lowest BCUT2D eigenvalue weighted by atomic mass is 9.97. The zero-order chi connectivity index (χ0) is 13.3. The van der Waals surface area contributed by atoms with E-state index >= 15 is 0 Å². The van der Waals surface area contributed by atoms with Crippen LogP contribution >= 0.6 is 43.2 Å². The maximum atomic E-state index is 13.1. The number of hydrogen-bond acceptors (Lipinski definition) is 3. The normalized spacial score (nSPS) is 12.7. The molecule has 0 saturated carbocycles. The molecule has 1 heterocycles. The smallest absolute Gasteiger partial charge is 0.123 e. The molecule has 96 valence electrons. The van der Waals surface area contributed by atoms with Gasteiger partial charge in [-0.1, -0.05) is 6.07 Å². The highest BCUT2D eigenvalue weighted by atomic mass is 79.9. The fourth-order valence-corrected chi connectivity index (χ4v) is 4.76. The van der Waals surface area contributed by atoms with Crippen LogP contribution in [0.25, 0.3) is 0 Å². The first kappa shape index (κ1) is 14.1. The fourth-order valence-electron chi connectivity index (χ4n) is 1.86. The Hall–Kier alpha value is -0.270. The van der Waals surface area contributed by atoms with Crippen LogP contribution in [0.2, 0.25) is 0 Å². The van der Waals surface area contributed by atoms with E-state index in [1.807, 2.05) is 13.0 Å². The van der Waals surface area contributed by atoms with Gasteiger partial charge < -0.3 is 0 Å². The lowest BCUT2D eigenvalue weighted by Crippen LogP contribution is -2.29. The molecule has 0 aliphatic rings. The molecule has 0 saturated heterocycles.